The SMILES string of the molecule is CNCC1CCN(Cc2ncc(Br)cc2Br)C1.Cl. The number of hydrogen-bond donors (Lipinski definition) is 1. The Balaban J connectivity index is 0.00000162. The van der Waals surface area contributed by atoms with Gasteiger partial charge in [-0.2, -0.15) is 0 Å². The molecular formula is C12H18Br2ClN3. The molecule has 2 heterocycles. The second-order valence-corrected chi connectivity index (χ2v) is 6.30. The van der Waals surface area contributed by atoms with E-state index in [1.807, 2.05) is 13.2 Å². The lowest BCUT2D eigenvalue weighted by atomic mass is 10.1. The second kappa shape index (κ2) is 7.80. The first-order valence-corrected chi connectivity index (χ1v) is 7.44. The molecule has 0 radical (unpaired) electrons. The summed E-state index contributed by atoms with van der Waals surface area (Å²) in [5.41, 5.74) is 1.12. The van der Waals surface area contributed by atoms with Gasteiger partial charge in [-0.05, 0) is 70.4 Å². The number of nitrogens with one attached hydrogen (secondary N) is 1. The van der Waals surface area contributed by atoms with Crippen LogP contribution in [-0.4, -0.2) is 36.6 Å². The minimum Gasteiger partial charge on any atom is -0.319 e. The van der Waals surface area contributed by atoms with Crippen molar-refractivity contribution in [2.45, 2.75) is 13.0 Å². The molecule has 18 heavy (non-hydrogen) atoms. The van der Waals surface area contributed by atoms with E-state index >= 15 is 0 Å². The van der Waals surface area contributed by atoms with Crippen LogP contribution in [0.1, 0.15) is 12.1 Å². The summed E-state index contributed by atoms with van der Waals surface area (Å²) >= 11 is 6.99. The number of nitrogens with zero attached hydrogens (tertiary/aromatic N) is 2. The molecule has 1 aliphatic rings. The molecule has 0 aliphatic carbocycles. The van der Waals surface area contributed by atoms with Crippen LogP contribution in [0.5, 0.6) is 0 Å². The Bertz CT molecular complexity index is 390. The number of halogens is 3. The molecule has 1 saturated heterocycles. The molecule has 0 amide bonds. The summed E-state index contributed by atoms with van der Waals surface area (Å²) < 4.78 is 2.10. The zero-order chi connectivity index (χ0) is 12.3. The van der Waals surface area contributed by atoms with E-state index in [-0.39, 0.29) is 12.4 Å². The largest absolute Gasteiger partial charge is 0.319 e. The van der Waals surface area contributed by atoms with Crippen LogP contribution in [0.25, 0.3) is 0 Å². The highest BCUT2D eigenvalue weighted by molar-refractivity contribution is 9.11. The fraction of sp³-hybridized carbons (Fsp3) is 0.583. The van der Waals surface area contributed by atoms with Gasteiger partial charge in [0, 0.05) is 28.2 Å². The van der Waals surface area contributed by atoms with Crippen molar-refractivity contribution in [3.05, 3.63) is 26.9 Å². The zero-order valence-electron chi connectivity index (χ0n) is 10.3. The maximum absolute atomic E-state index is 4.46. The molecule has 0 spiro atoms. The standard InChI is InChI=1S/C12H17Br2N3.ClH/c1-15-5-9-2-3-17(7-9)8-12-11(14)4-10(13)6-16-12;/h4,6,9,15H,2-3,5,7-8H2,1H3;1H. The van der Waals surface area contributed by atoms with Crippen molar-refractivity contribution in [1.29, 1.82) is 0 Å². The van der Waals surface area contributed by atoms with Crippen molar-refractivity contribution >= 4 is 44.3 Å². The summed E-state index contributed by atoms with van der Waals surface area (Å²) in [6.07, 6.45) is 3.15. The molecule has 102 valence electrons. The summed E-state index contributed by atoms with van der Waals surface area (Å²) in [6, 6.07) is 2.06. The second-order valence-electron chi connectivity index (χ2n) is 4.53. The molecule has 1 aliphatic heterocycles. The lowest BCUT2D eigenvalue weighted by molar-refractivity contribution is 0.311. The highest BCUT2D eigenvalue weighted by Crippen LogP contribution is 2.23. The Kier molecular flexibility index (Phi) is 7.10. The van der Waals surface area contributed by atoms with E-state index in [1.54, 1.807) is 0 Å². The van der Waals surface area contributed by atoms with Gasteiger partial charge in [-0.25, -0.2) is 0 Å². The lowest BCUT2D eigenvalue weighted by Gasteiger charge is -2.16. The first-order valence-electron chi connectivity index (χ1n) is 5.86. The normalized spacial score (nSPS) is 19.8. The summed E-state index contributed by atoms with van der Waals surface area (Å²) in [6.45, 7) is 4.40. The Morgan fingerprint density at radius 1 is 1.50 bits per heavy atom. The average Bonchev–Trinajstić information content (AvgIpc) is 2.71. The topological polar surface area (TPSA) is 28.2 Å². The van der Waals surface area contributed by atoms with Crippen LogP contribution < -0.4 is 5.32 Å². The highest BCUT2D eigenvalue weighted by atomic mass is 79.9. The molecule has 1 fully saturated rings. The van der Waals surface area contributed by atoms with Crippen LogP contribution in [-0.2, 0) is 6.54 Å². The molecule has 1 aromatic heterocycles. The number of likely N-dealkylation sites (tertiary alicyclic amines) is 1. The molecule has 0 aromatic carbocycles. The Hall–Kier alpha value is 0.320. The lowest BCUT2D eigenvalue weighted by Crippen LogP contribution is -2.24. The number of pyridine rings is 1. The third-order valence-corrected chi connectivity index (χ3v) is 4.24. The summed E-state index contributed by atoms with van der Waals surface area (Å²) in [5, 5.41) is 3.26. The number of hydrogen-bond acceptors (Lipinski definition) is 3. The molecule has 1 aromatic rings. The molecule has 2 rings (SSSR count). The quantitative estimate of drug-likeness (QED) is 0.843. The minimum atomic E-state index is 0. The van der Waals surface area contributed by atoms with Gasteiger partial charge in [0.15, 0.2) is 0 Å². The average molecular weight is 400 g/mol. The monoisotopic (exact) mass is 397 g/mol. The van der Waals surface area contributed by atoms with Gasteiger partial charge in [-0.15, -0.1) is 12.4 Å². The van der Waals surface area contributed by atoms with Crippen molar-refractivity contribution in [1.82, 2.24) is 15.2 Å². The van der Waals surface area contributed by atoms with Gasteiger partial charge in [-0.3, -0.25) is 9.88 Å². The minimum absolute atomic E-state index is 0. The van der Waals surface area contributed by atoms with Gasteiger partial charge in [0.25, 0.3) is 0 Å². The van der Waals surface area contributed by atoms with Crippen molar-refractivity contribution < 1.29 is 0 Å². The highest BCUT2D eigenvalue weighted by Gasteiger charge is 2.22. The van der Waals surface area contributed by atoms with Crippen LogP contribution in [0.15, 0.2) is 21.2 Å². The van der Waals surface area contributed by atoms with Gasteiger partial charge in [0.1, 0.15) is 0 Å². The van der Waals surface area contributed by atoms with Gasteiger partial charge >= 0.3 is 0 Å². The van der Waals surface area contributed by atoms with Crippen LogP contribution in [0.4, 0.5) is 0 Å². The van der Waals surface area contributed by atoms with E-state index in [0.29, 0.717) is 0 Å². The first kappa shape index (κ1) is 16.4. The zero-order valence-corrected chi connectivity index (χ0v) is 14.3. The summed E-state index contributed by atoms with van der Waals surface area (Å²) in [7, 11) is 2.02. The van der Waals surface area contributed by atoms with E-state index < -0.39 is 0 Å². The van der Waals surface area contributed by atoms with Crippen molar-refractivity contribution in [3.63, 3.8) is 0 Å². The fourth-order valence-electron chi connectivity index (χ4n) is 2.28. The smallest absolute Gasteiger partial charge is 0.0686 e. The molecule has 1 unspecified atom stereocenters. The molecule has 1 atom stereocenters. The molecule has 3 nitrogen and oxygen atoms in total. The third kappa shape index (κ3) is 4.46. The number of aromatic nitrogens is 1. The third-order valence-electron chi connectivity index (χ3n) is 3.12. The van der Waals surface area contributed by atoms with E-state index in [9.17, 15) is 0 Å². The molecule has 1 N–H and O–H groups in total. The Morgan fingerprint density at radius 2 is 2.28 bits per heavy atom. The van der Waals surface area contributed by atoms with Gasteiger partial charge < -0.3 is 5.32 Å². The number of rotatable bonds is 4. The maximum Gasteiger partial charge on any atom is 0.0686 e. The Morgan fingerprint density at radius 3 is 2.94 bits per heavy atom. The van der Waals surface area contributed by atoms with Crippen molar-refractivity contribution in [2.75, 3.05) is 26.7 Å². The van der Waals surface area contributed by atoms with Crippen molar-refractivity contribution in [3.8, 4) is 0 Å². The molecule has 0 saturated carbocycles. The maximum atomic E-state index is 4.46. The van der Waals surface area contributed by atoms with Crippen LogP contribution in [0, 0.1) is 5.92 Å². The van der Waals surface area contributed by atoms with Crippen LogP contribution in [0.3, 0.4) is 0 Å². The predicted molar refractivity (Wildman–Crippen MR) is 84.2 cm³/mol. The molecule has 0 bridgehead atoms. The first-order chi connectivity index (χ1) is 8.19. The molecular weight excluding hydrogens is 381 g/mol. The van der Waals surface area contributed by atoms with Crippen LogP contribution >= 0.6 is 44.3 Å². The summed E-state index contributed by atoms with van der Waals surface area (Å²) in [4.78, 5) is 6.94. The van der Waals surface area contributed by atoms with E-state index in [2.05, 4.69) is 53.1 Å². The van der Waals surface area contributed by atoms with Gasteiger partial charge in [0.05, 0.1) is 5.69 Å². The predicted octanol–water partition coefficient (Wildman–Crippen LogP) is 3.07. The van der Waals surface area contributed by atoms with Crippen LogP contribution in [0.2, 0.25) is 0 Å². The van der Waals surface area contributed by atoms with Crippen molar-refractivity contribution in [2.24, 2.45) is 5.92 Å². The van der Waals surface area contributed by atoms with Gasteiger partial charge in [-0.1, -0.05) is 0 Å². The van der Waals surface area contributed by atoms with Gasteiger partial charge in [0.2, 0.25) is 0 Å². The van der Waals surface area contributed by atoms with E-state index in [0.717, 1.165) is 33.6 Å². The summed E-state index contributed by atoms with van der Waals surface area (Å²) in [5.74, 6) is 0.786. The van der Waals surface area contributed by atoms with E-state index in [1.165, 1.54) is 19.5 Å². The fourth-order valence-corrected chi connectivity index (χ4v) is 3.40. The molecule has 6 heteroatoms. The van der Waals surface area contributed by atoms with E-state index in [4.69, 9.17) is 0 Å². The Labute approximate surface area is 131 Å².